The van der Waals surface area contributed by atoms with Crippen molar-refractivity contribution in [1.82, 2.24) is 5.32 Å². The highest BCUT2D eigenvalue weighted by Gasteiger charge is 2.25. The Morgan fingerprint density at radius 3 is 2.68 bits per heavy atom. The Labute approximate surface area is 109 Å². The number of carbonyl (C=O) groups is 1. The number of nitrogens with two attached hydrogens (primary N) is 1. The van der Waals surface area contributed by atoms with E-state index in [1.165, 1.54) is 12.1 Å². The maximum atomic E-state index is 13.4. The fraction of sp³-hybridized carbons (Fsp3) is 0.333. The molecule has 0 fully saturated rings. The van der Waals surface area contributed by atoms with Gasteiger partial charge < -0.3 is 16.3 Å². The van der Waals surface area contributed by atoms with Crippen LogP contribution in [0.3, 0.4) is 0 Å². The molecule has 1 aromatic rings. The first-order valence-corrected chi connectivity index (χ1v) is 5.50. The number of halogens is 2. The second-order valence-electron chi connectivity index (χ2n) is 4.65. The summed E-state index contributed by atoms with van der Waals surface area (Å²) in [5, 5.41) is 13.8. The predicted octanol–water partition coefficient (Wildman–Crippen LogP) is 1.47. The fourth-order valence-corrected chi connectivity index (χ4v) is 1.30. The highest BCUT2D eigenvalue weighted by molar-refractivity contribution is 5.95. The molecule has 104 valence electrons. The third kappa shape index (κ3) is 3.40. The standard InChI is InChI=1S/C12H15F2N3O2/c1-12(2,11(15)17-19)6-16-10(18)7-4-3-5-8(13)9(7)14/h3-5,19H,6H2,1-2H3,(H2,15,17)(H,16,18). The number of oxime groups is 1. The number of benzene rings is 1. The molecule has 0 aromatic heterocycles. The second-order valence-corrected chi connectivity index (χ2v) is 4.65. The summed E-state index contributed by atoms with van der Waals surface area (Å²) in [4.78, 5) is 11.7. The van der Waals surface area contributed by atoms with Gasteiger partial charge in [-0.15, -0.1) is 0 Å². The maximum absolute atomic E-state index is 13.4. The van der Waals surface area contributed by atoms with Crippen molar-refractivity contribution in [1.29, 1.82) is 0 Å². The predicted molar refractivity (Wildman–Crippen MR) is 65.9 cm³/mol. The van der Waals surface area contributed by atoms with Gasteiger partial charge in [-0.3, -0.25) is 4.79 Å². The number of hydrogen-bond acceptors (Lipinski definition) is 3. The lowest BCUT2D eigenvalue weighted by molar-refractivity contribution is 0.0939. The molecule has 0 saturated heterocycles. The second kappa shape index (κ2) is 5.64. The van der Waals surface area contributed by atoms with E-state index in [1.807, 2.05) is 0 Å². The number of nitrogens with one attached hydrogen (secondary N) is 1. The molecule has 0 atom stereocenters. The molecule has 0 aliphatic carbocycles. The van der Waals surface area contributed by atoms with Gasteiger partial charge in [0, 0.05) is 12.0 Å². The lowest BCUT2D eigenvalue weighted by Gasteiger charge is -2.23. The van der Waals surface area contributed by atoms with E-state index in [4.69, 9.17) is 10.9 Å². The highest BCUT2D eigenvalue weighted by atomic mass is 19.2. The van der Waals surface area contributed by atoms with Crippen molar-refractivity contribution in [3.05, 3.63) is 35.4 Å². The Morgan fingerprint density at radius 1 is 1.47 bits per heavy atom. The van der Waals surface area contributed by atoms with Crippen LogP contribution in [0.2, 0.25) is 0 Å². The molecule has 0 unspecified atom stereocenters. The summed E-state index contributed by atoms with van der Waals surface area (Å²) < 4.78 is 26.3. The van der Waals surface area contributed by atoms with Crippen LogP contribution in [0, 0.1) is 17.0 Å². The van der Waals surface area contributed by atoms with Gasteiger partial charge in [-0.1, -0.05) is 25.1 Å². The van der Waals surface area contributed by atoms with Gasteiger partial charge in [0.05, 0.1) is 5.56 Å². The van der Waals surface area contributed by atoms with Crippen molar-refractivity contribution in [3.63, 3.8) is 0 Å². The van der Waals surface area contributed by atoms with E-state index in [-0.39, 0.29) is 12.4 Å². The number of rotatable bonds is 4. The van der Waals surface area contributed by atoms with E-state index >= 15 is 0 Å². The zero-order valence-electron chi connectivity index (χ0n) is 10.6. The molecule has 1 amide bonds. The quantitative estimate of drug-likeness (QED) is 0.335. The Bertz CT molecular complexity index is 516. The normalized spacial score (nSPS) is 12.3. The van der Waals surface area contributed by atoms with Crippen LogP contribution >= 0.6 is 0 Å². The minimum Gasteiger partial charge on any atom is -0.409 e. The van der Waals surface area contributed by atoms with E-state index in [9.17, 15) is 13.6 Å². The summed E-state index contributed by atoms with van der Waals surface area (Å²) in [5.74, 6) is -3.15. The molecule has 0 heterocycles. The van der Waals surface area contributed by atoms with Gasteiger partial charge in [-0.25, -0.2) is 8.78 Å². The van der Waals surface area contributed by atoms with Gasteiger partial charge in [-0.2, -0.15) is 0 Å². The van der Waals surface area contributed by atoms with Crippen molar-refractivity contribution in [2.24, 2.45) is 16.3 Å². The van der Waals surface area contributed by atoms with Crippen LogP contribution in [-0.2, 0) is 0 Å². The molecular weight excluding hydrogens is 256 g/mol. The molecule has 0 saturated carbocycles. The fourth-order valence-electron chi connectivity index (χ4n) is 1.30. The monoisotopic (exact) mass is 271 g/mol. The Balaban J connectivity index is 2.79. The maximum Gasteiger partial charge on any atom is 0.254 e. The topological polar surface area (TPSA) is 87.7 Å². The number of hydrogen-bond donors (Lipinski definition) is 3. The smallest absolute Gasteiger partial charge is 0.254 e. The summed E-state index contributed by atoms with van der Waals surface area (Å²) >= 11 is 0. The van der Waals surface area contributed by atoms with Crippen molar-refractivity contribution in [2.45, 2.75) is 13.8 Å². The average Bonchev–Trinajstić information content (AvgIpc) is 2.38. The van der Waals surface area contributed by atoms with Crippen LogP contribution in [0.15, 0.2) is 23.4 Å². The van der Waals surface area contributed by atoms with E-state index in [0.717, 1.165) is 6.07 Å². The van der Waals surface area contributed by atoms with Gasteiger partial charge in [0.25, 0.3) is 5.91 Å². The molecule has 0 aliphatic heterocycles. The minimum absolute atomic E-state index is 0.0116. The Kier molecular flexibility index (Phi) is 4.42. The molecule has 4 N–H and O–H groups in total. The first-order valence-electron chi connectivity index (χ1n) is 5.50. The minimum atomic E-state index is -1.21. The highest BCUT2D eigenvalue weighted by Crippen LogP contribution is 2.15. The SMILES string of the molecule is CC(C)(CNC(=O)c1cccc(F)c1F)/C(N)=N/O. The third-order valence-electron chi connectivity index (χ3n) is 2.69. The number of amidine groups is 1. The third-order valence-corrected chi connectivity index (χ3v) is 2.69. The molecule has 0 radical (unpaired) electrons. The first kappa shape index (κ1) is 14.9. The lowest BCUT2D eigenvalue weighted by Crippen LogP contribution is -2.42. The number of nitrogens with zero attached hydrogens (tertiary/aromatic N) is 1. The van der Waals surface area contributed by atoms with Gasteiger partial charge in [0.15, 0.2) is 11.6 Å². The van der Waals surface area contributed by atoms with Crippen molar-refractivity contribution >= 4 is 11.7 Å². The van der Waals surface area contributed by atoms with Crippen molar-refractivity contribution < 1.29 is 18.8 Å². The van der Waals surface area contributed by atoms with E-state index < -0.39 is 28.5 Å². The van der Waals surface area contributed by atoms with Crippen molar-refractivity contribution in [2.75, 3.05) is 6.54 Å². The lowest BCUT2D eigenvalue weighted by atomic mass is 9.92. The molecule has 1 aromatic carbocycles. The summed E-state index contributed by atoms with van der Waals surface area (Å²) in [5.41, 5.74) is 4.24. The molecule has 19 heavy (non-hydrogen) atoms. The largest absolute Gasteiger partial charge is 0.409 e. The van der Waals surface area contributed by atoms with E-state index in [2.05, 4.69) is 10.5 Å². The van der Waals surface area contributed by atoms with Crippen LogP contribution in [0.25, 0.3) is 0 Å². The molecule has 0 aliphatic rings. The Morgan fingerprint density at radius 2 is 2.11 bits per heavy atom. The molecule has 5 nitrogen and oxygen atoms in total. The molecule has 7 heteroatoms. The molecular formula is C12H15F2N3O2. The summed E-state index contributed by atoms with van der Waals surface area (Å²) in [7, 11) is 0. The first-order chi connectivity index (χ1) is 8.79. The van der Waals surface area contributed by atoms with Crippen LogP contribution in [-0.4, -0.2) is 23.5 Å². The average molecular weight is 271 g/mol. The zero-order valence-corrected chi connectivity index (χ0v) is 10.6. The zero-order chi connectivity index (χ0) is 14.6. The number of carbonyl (C=O) groups excluding carboxylic acids is 1. The molecule has 1 rings (SSSR count). The summed E-state index contributed by atoms with van der Waals surface area (Å²) in [6, 6.07) is 3.33. The summed E-state index contributed by atoms with van der Waals surface area (Å²) in [6.45, 7) is 3.27. The van der Waals surface area contributed by atoms with Gasteiger partial charge in [0.1, 0.15) is 5.84 Å². The molecule has 0 bridgehead atoms. The van der Waals surface area contributed by atoms with E-state index in [0.29, 0.717) is 0 Å². The van der Waals surface area contributed by atoms with Gasteiger partial charge in [0.2, 0.25) is 0 Å². The van der Waals surface area contributed by atoms with Crippen LogP contribution in [0.4, 0.5) is 8.78 Å². The summed E-state index contributed by atoms with van der Waals surface area (Å²) in [6.07, 6.45) is 0. The van der Waals surface area contributed by atoms with Crippen molar-refractivity contribution in [3.8, 4) is 0 Å². The van der Waals surface area contributed by atoms with Crippen LogP contribution in [0.5, 0.6) is 0 Å². The van der Waals surface area contributed by atoms with Crippen LogP contribution in [0.1, 0.15) is 24.2 Å². The van der Waals surface area contributed by atoms with Gasteiger partial charge >= 0.3 is 0 Å². The Hall–Kier alpha value is -2.18. The van der Waals surface area contributed by atoms with Crippen LogP contribution < -0.4 is 11.1 Å². The van der Waals surface area contributed by atoms with Gasteiger partial charge in [-0.05, 0) is 12.1 Å². The number of amides is 1. The van der Waals surface area contributed by atoms with E-state index in [1.54, 1.807) is 13.8 Å². The molecule has 0 spiro atoms.